The number of fused-ring (bicyclic) bond motifs is 1. The highest BCUT2D eigenvalue weighted by molar-refractivity contribution is 5.74. The number of nitrogens with zero attached hydrogens (tertiary/aromatic N) is 4. The Labute approximate surface area is 113 Å². The molecular formula is C14H21N5. The molecule has 0 aliphatic carbocycles. The largest absolute Gasteiger partial charge is 0.327 e. The number of rotatable bonds is 4. The number of imidazole rings is 1. The molecule has 0 unspecified atom stereocenters. The summed E-state index contributed by atoms with van der Waals surface area (Å²) in [5, 5.41) is 3.39. The van der Waals surface area contributed by atoms with Crippen molar-refractivity contribution in [3.8, 4) is 0 Å². The molecule has 0 spiro atoms. The van der Waals surface area contributed by atoms with Gasteiger partial charge in [-0.3, -0.25) is 9.88 Å². The highest BCUT2D eigenvalue weighted by Crippen LogP contribution is 2.17. The first-order valence-electron chi connectivity index (χ1n) is 7.10. The van der Waals surface area contributed by atoms with Gasteiger partial charge in [0.25, 0.3) is 0 Å². The highest BCUT2D eigenvalue weighted by Gasteiger charge is 2.15. The van der Waals surface area contributed by atoms with E-state index in [4.69, 9.17) is 4.98 Å². The van der Waals surface area contributed by atoms with E-state index in [9.17, 15) is 0 Å². The van der Waals surface area contributed by atoms with Crippen LogP contribution >= 0.6 is 0 Å². The standard InChI is InChI=1S/C14H21N5/c1-2-7-19-13-3-4-16-10-12(13)17-14(19)11-18-8-5-15-6-9-18/h3-4,10,15H,2,5-9,11H2,1H3. The van der Waals surface area contributed by atoms with Gasteiger partial charge in [0.1, 0.15) is 11.3 Å². The zero-order valence-corrected chi connectivity index (χ0v) is 11.5. The van der Waals surface area contributed by atoms with Crippen molar-refractivity contribution in [3.63, 3.8) is 0 Å². The number of nitrogens with one attached hydrogen (secondary N) is 1. The summed E-state index contributed by atoms with van der Waals surface area (Å²) < 4.78 is 2.35. The summed E-state index contributed by atoms with van der Waals surface area (Å²) in [6.45, 7) is 8.55. The minimum absolute atomic E-state index is 0.941. The lowest BCUT2D eigenvalue weighted by atomic mass is 10.3. The van der Waals surface area contributed by atoms with Crippen LogP contribution in [0.2, 0.25) is 0 Å². The van der Waals surface area contributed by atoms with Gasteiger partial charge >= 0.3 is 0 Å². The van der Waals surface area contributed by atoms with Gasteiger partial charge in [-0.2, -0.15) is 0 Å². The Morgan fingerprint density at radius 2 is 2.16 bits per heavy atom. The van der Waals surface area contributed by atoms with Crippen molar-refractivity contribution in [2.24, 2.45) is 0 Å². The van der Waals surface area contributed by atoms with Gasteiger partial charge in [0.15, 0.2) is 0 Å². The Morgan fingerprint density at radius 1 is 1.32 bits per heavy atom. The Kier molecular flexibility index (Phi) is 3.75. The second kappa shape index (κ2) is 5.67. The molecule has 5 nitrogen and oxygen atoms in total. The molecule has 102 valence electrons. The topological polar surface area (TPSA) is 46.0 Å². The quantitative estimate of drug-likeness (QED) is 0.897. The first-order valence-corrected chi connectivity index (χ1v) is 7.10. The fourth-order valence-corrected chi connectivity index (χ4v) is 2.69. The van der Waals surface area contributed by atoms with E-state index in [1.54, 1.807) is 0 Å². The van der Waals surface area contributed by atoms with Crippen LogP contribution in [0.15, 0.2) is 18.5 Å². The molecule has 2 aromatic heterocycles. The number of pyridine rings is 1. The van der Waals surface area contributed by atoms with E-state index >= 15 is 0 Å². The van der Waals surface area contributed by atoms with Crippen molar-refractivity contribution in [1.29, 1.82) is 0 Å². The zero-order valence-electron chi connectivity index (χ0n) is 11.5. The molecule has 0 bridgehead atoms. The van der Waals surface area contributed by atoms with Crippen LogP contribution in [-0.2, 0) is 13.1 Å². The van der Waals surface area contributed by atoms with Crippen molar-refractivity contribution in [1.82, 2.24) is 24.8 Å². The molecule has 0 amide bonds. The summed E-state index contributed by atoms with van der Waals surface area (Å²) in [5.74, 6) is 1.17. The fourth-order valence-electron chi connectivity index (χ4n) is 2.69. The molecule has 19 heavy (non-hydrogen) atoms. The molecule has 0 radical (unpaired) electrons. The number of aromatic nitrogens is 3. The molecule has 1 N–H and O–H groups in total. The van der Waals surface area contributed by atoms with E-state index in [1.165, 1.54) is 11.3 Å². The normalized spacial score (nSPS) is 17.1. The average Bonchev–Trinajstić information content (AvgIpc) is 2.79. The van der Waals surface area contributed by atoms with Gasteiger partial charge in [0, 0.05) is 38.9 Å². The van der Waals surface area contributed by atoms with Crippen molar-refractivity contribution >= 4 is 11.0 Å². The Bertz CT molecular complexity index is 542. The van der Waals surface area contributed by atoms with Crippen LogP contribution in [0.5, 0.6) is 0 Å². The van der Waals surface area contributed by atoms with E-state index in [1.807, 2.05) is 12.4 Å². The smallest absolute Gasteiger partial charge is 0.124 e. The molecule has 3 rings (SSSR count). The van der Waals surface area contributed by atoms with E-state index in [2.05, 4.69) is 32.8 Å². The summed E-state index contributed by atoms with van der Waals surface area (Å²) in [6.07, 6.45) is 4.84. The third kappa shape index (κ3) is 2.62. The SMILES string of the molecule is CCCn1c(CN2CCNCC2)nc2cnccc21. The summed E-state index contributed by atoms with van der Waals surface area (Å²) >= 11 is 0. The molecule has 2 aromatic rings. The summed E-state index contributed by atoms with van der Waals surface area (Å²) in [5.41, 5.74) is 2.23. The molecule has 3 heterocycles. The van der Waals surface area contributed by atoms with Gasteiger partial charge < -0.3 is 9.88 Å². The van der Waals surface area contributed by atoms with E-state index < -0.39 is 0 Å². The average molecular weight is 259 g/mol. The molecule has 0 atom stereocenters. The second-order valence-corrected chi connectivity index (χ2v) is 5.07. The summed E-state index contributed by atoms with van der Waals surface area (Å²) in [4.78, 5) is 11.4. The minimum atomic E-state index is 0.941. The molecule has 1 saturated heterocycles. The molecule has 0 saturated carbocycles. The maximum Gasteiger partial charge on any atom is 0.124 e. The lowest BCUT2D eigenvalue weighted by Gasteiger charge is -2.27. The van der Waals surface area contributed by atoms with Crippen molar-refractivity contribution in [2.45, 2.75) is 26.4 Å². The maximum atomic E-state index is 4.76. The van der Waals surface area contributed by atoms with Gasteiger partial charge in [-0.25, -0.2) is 4.98 Å². The van der Waals surface area contributed by atoms with Gasteiger partial charge in [0.2, 0.25) is 0 Å². The lowest BCUT2D eigenvalue weighted by Crippen LogP contribution is -2.43. The van der Waals surface area contributed by atoms with Gasteiger partial charge in [0.05, 0.1) is 18.3 Å². The molecular weight excluding hydrogens is 238 g/mol. The monoisotopic (exact) mass is 259 g/mol. The third-order valence-electron chi connectivity index (χ3n) is 3.65. The van der Waals surface area contributed by atoms with E-state index in [0.717, 1.165) is 51.2 Å². The fraction of sp³-hybridized carbons (Fsp3) is 0.571. The van der Waals surface area contributed by atoms with Crippen LogP contribution in [0, 0.1) is 0 Å². The number of hydrogen-bond acceptors (Lipinski definition) is 4. The van der Waals surface area contributed by atoms with Gasteiger partial charge in [-0.05, 0) is 12.5 Å². The predicted molar refractivity (Wildman–Crippen MR) is 76.0 cm³/mol. The second-order valence-electron chi connectivity index (χ2n) is 5.07. The van der Waals surface area contributed by atoms with Crippen molar-refractivity contribution in [3.05, 3.63) is 24.3 Å². The zero-order chi connectivity index (χ0) is 13.1. The minimum Gasteiger partial charge on any atom is -0.327 e. The van der Waals surface area contributed by atoms with Gasteiger partial charge in [-0.1, -0.05) is 6.92 Å². The van der Waals surface area contributed by atoms with Crippen molar-refractivity contribution < 1.29 is 0 Å². The predicted octanol–water partition coefficient (Wildman–Crippen LogP) is 1.25. The molecule has 0 aromatic carbocycles. The van der Waals surface area contributed by atoms with Crippen LogP contribution < -0.4 is 5.32 Å². The van der Waals surface area contributed by atoms with Crippen LogP contribution in [0.4, 0.5) is 0 Å². The van der Waals surface area contributed by atoms with Crippen LogP contribution in [0.25, 0.3) is 11.0 Å². The van der Waals surface area contributed by atoms with Crippen LogP contribution in [-0.4, -0.2) is 45.6 Å². The number of piperazine rings is 1. The van der Waals surface area contributed by atoms with Gasteiger partial charge in [-0.15, -0.1) is 0 Å². The number of aryl methyl sites for hydroxylation is 1. The Hall–Kier alpha value is -1.46. The Balaban J connectivity index is 1.90. The first-order chi connectivity index (χ1) is 9.38. The highest BCUT2D eigenvalue weighted by atomic mass is 15.2. The lowest BCUT2D eigenvalue weighted by molar-refractivity contribution is 0.225. The first kappa shape index (κ1) is 12.6. The summed E-state index contributed by atoms with van der Waals surface area (Å²) in [7, 11) is 0. The molecule has 5 heteroatoms. The molecule has 1 aliphatic rings. The Morgan fingerprint density at radius 3 is 2.95 bits per heavy atom. The summed E-state index contributed by atoms with van der Waals surface area (Å²) in [6, 6.07) is 2.07. The van der Waals surface area contributed by atoms with E-state index in [0.29, 0.717) is 0 Å². The van der Waals surface area contributed by atoms with Crippen LogP contribution in [0.1, 0.15) is 19.2 Å². The molecule has 1 fully saturated rings. The number of hydrogen-bond donors (Lipinski definition) is 1. The maximum absolute atomic E-state index is 4.76. The van der Waals surface area contributed by atoms with Crippen molar-refractivity contribution in [2.75, 3.05) is 26.2 Å². The van der Waals surface area contributed by atoms with E-state index in [-0.39, 0.29) is 0 Å². The molecule has 1 aliphatic heterocycles. The van der Waals surface area contributed by atoms with Crippen LogP contribution in [0.3, 0.4) is 0 Å². The third-order valence-corrected chi connectivity index (χ3v) is 3.65.